The SMILES string of the molecule is CC(C)c1cnc(-c2ccc(Br)cc2)nc1. The Morgan fingerprint density at radius 1 is 1.00 bits per heavy atom. The van der Waals surface area contributed by atoms with Crippen molar-refractivity contribution in [2.45, 2.75) is 19.8 Å². The molecule has 0 aliphatic rings. The maximum atomic E-state index is 4.37. The molecule has 2 rings (SSSR count). The third kappa shape index (κ3) is 2.47. The van der Waals surface area contributed by atoms with E-state index >= 15 is 0 Å². The molecule has 0 unspecified atom stereocenters. The van der Waals surface area contributed by atoms with Crippen LogP contribution >= 0.6 is 15.9 Å². The summed E-state index contributed by atoms with van der Waals surface area (Å²) in [5, 5.41) is 0. The number of rotatable bonds is 2. The van der Waals surface area contributed by atoms with Crippen LogP contribution in [0.1, 0.15) is 25.3 Å². The smallest absolute Gasteiger partial charge is 0.159 e. The lowest BCUT2D eigenvalue weighted by molar-refractivity contribution is 0.847. The highest BCUT2D eigenvalue weighted by Gasteiger charge is 2.03. The van der Waals surface area contributed by atoms with E-state index in [2.05, 4.69) is 39.7 Å². The molecule has 82 valence electrons. The van der Waals surface area contributed by atoms with Crippen LogP contribution in [0.3, 0.4) is 0 Å². The van der Waals surface area contributed by atoms with Gasteiger partial charge in [-0.1, -0.05) is 41.9 Å². The highest BCUT2D eigenvalue weighted by Crippen LogP contribution is 2.19. The summed E-state index contributed by atoms with van der Waals surface area (Å²) in [4.78, 5) is 8.75. The van der Waals surface area contributed by atoms with Gasteiger partial charge in [-0.2, -0.15) is 0 Å². The van der Waals surface area contributed by atoms with Crippen LogP contribution in [0, 0.1) is 0 Å². The van der Waals surface area contributed by atoms with E-state index in [9.17, 15) is 0 Å². The second-order valence-corrected chi connectivity index (χ2v) is 4.92. The fourth-order valence-electron chi connectivity index (χ4n) is 1.38. The van der Waals surface area contributed by atoms with Crippen LogP contribution < -0.4 is 0 Å². The summed E-state index contributed by atoms with van der Waals surface area (Å²) >= 11 is 3.41. The number of hydrogen-bond acceptors (Lipinski definition) is 2. The third-order valence-electron chi connectivity index (χ3n) is 2.44. The molecule has 0 aliphatic heterocycles. The van der Waals surface area contributed by atoms with Gasteiger partial charge in [-0.15, -0.1) is 0 Å². The zero-order chi connectivity index (χ0) is 11.5. The average molecular weight is 277 g/mol. The molecule has 0 N–H and O–H groups in total. The quantitative estimate of drug-likeness (QED) is 0.828. The molecule has 0 saturated heterocycles. The molecular formula is C13H13BrN2. The maximum absolute atomic E-state index is 4.37. The minimum absolute atomic E-state index is 0.471. The van der Waals surface area contributed by atoms with E-state index in [0.29, 0.717) is 5.92 Å². The Kier molecular flexibility index (Phi) is 3.34. The molecule has 1 aromatic heterocycles. The lowest BCUT2D eigenvalue weighted by Gasteiger charge is -2.05. The van der Waals surface area contributed by atoms with Gasteiger partial charge < -0.3 is 0 Å². The van der Waals surface area contributed by atoms with Crippen LogP contribution in [-0.2, 0) is 0 Å². The van der Waals surface area contributed by atoms with Gasteiger partial charge in [-0.05, 0) is 23.6 Å². The van der Waals surface area contributed by atoms with Gasteiger partial charge in [0.2, 0.25) is 0 Å². The van der Waals surface area contributed by atoms with Crippen LogP contribution in [0.25, 0.3) is 11.4 Å². The summed E-state index contributed by atoms with van der Waals surface area (Å²) < 4.78 is 1.06. The van der Waals surface area contributed by atoms with Crippen LogP contribution in [-0.4, -0.2) is 9.97 Å². The van der Waals surface area contributed by atoms with Gasteiger partial charge in [-0.3, -0.25) is 0 Å². The number of hydrogen-bond donors (Lipinski definition) is 0. The summed E-state index contributed by atoms with van der Waals surface area (Å²) in [6.07, 6.45) is 3.80. The number of nitrogens with zero attached hydrogens (tertiary/aromatic N) is 2. The number of halogens is 1. The minimum Gasteiger partial charge on any atom is -0.236 e. The highest BCUT2D eigenvalue weighted by atomic mass is 79.9. The molecule has 0 fully saturated rings. The maximum Gasteiger partial charge on any atom is 0.159 e. The predicted octanol–water partition coefficient (Wildman–Crippen LogP) is 4.03. The molecule has 2 aromatic rings. The Hall–Kier alpha value is -1.22. The largest absolute Gasteiger partial charge is 0.236 e. The van der Waals surface area contributed by atoms with E-state index in [1.807, 2.05) is 36.7 Å². The molecule has 1 aromatic carbocycles. The molecule has 2 nitrogen and oxygen atoms in total. The van der Waals surface area contributed by atoms with Gasteiger partial charge in [0.1, 0.15) is 0 Å². The van der Waals surface area contributed by atoms with E-state index in [1.165, 1.54) is 5.56 Å². The lowest BCUT2D eigenvalue weighted by Crippen LogP contribution is -1.93. The highest BCUT2D eigenvalue weighted by molar-refractivity contribution is 9.10. The van der Waals surface area contributed by atoms with E-state index in [4.69, 9.17) is 0 Å². The zero-order valence-electron chi connectivity index (χ0n) is 9.31. The normalized spacial score (nSPS) is 10.8. The van der Waals surface area contributed by atoms with E-state index in [0.717, 1.165) is 15.9 Å². The second-order valence-electron chi connectivity index (χ2n) is 4.00. The van der Waals surface area contributed by atoms with Crippen LogP contribution in [0.4, 0.5) is 0 Å². The monoisotopic (exact) mass is 276 g/mol. The summed E-state index contributed by atoms with van der Waals surface area (Å²) in [6.45, 7) is 4.27. The van der Waals surface area contributed by atoms with Crippen molar-refractivity contribution < 1.29 is 0 Å². The van der Waals surface area contributed by atoms with Gasteiger partial charge in [0, 0.05) is 22.4 Å². The molecule has 16 heavy (non-hydrogen) atoms. The van der Waals surface area contributed by atoms with Crippen molar-refractivity contribution in [3.05, 3.63) is 46.7 Å². The fraction of sp³-hybridized carbons (Fsp3) is 0.231. The van der Waals surface area contributed by atoms with Gasteiger partial charge in [0.15, 0.2) is 5.82 Å². The first-order chi connectivity index (χ1) is 7.66. The van der Waals surface area contributed by atoms with Crippen molar-refractivity contribution in [1.82, 2.24) is 9.97 Å². The average Bonchev–Trinajstić information content (AvgIpc) is 2.30. The van der Waals surface area contributed by atoms with E-state index < -0.39 is 0 Å². The Labute approximate surface area is 104 Å². The second kappa shape index (κ2) is 4.74. The fourth-order valence-corrected chi connectivity index (χ4v) is 1.65. The molecule has 0 radical (unpaired) electrons. The first-order valence-corrected chi connectivity index (χ1v) is 6.04. The van der Waals surface area contributed by atoms with Crippen molar-refractivity contribution in [3.8, 4) is 11.4 Å². The van der Waals surface area contributed by atoms with Crippen LogP contribution in [0.15, 0.2) is 41.1 Å². The Morgan fingerprint density at radius 3 is 2.06 bits per heavy atom. The van der Waals surface area contributed by atoms with Crippen molar-refractivity contribution >= 4 is 15.9 Å². The number of aromatic nitrogens is 2. The molecule has 0 atom stereocenters. The van der Waals surface area contributed by atoms with Gasteiger partial charge in [0.05, 0.1) is 0 Å². The minimum atomic E-state index is 0.471. The molecule has 0 saturated carbocycles. The van der Waals surface area contributed by atoms with Gasteiger partial charge in [-0.25, -0.2) is 9.97 Å². The van der Waals surface area contributed by atoms with Crippen molar-refractivity contribution in [2.75, 3.05) is 0 Å². The van der Waals surface area contributed by atoms with E-state index in [1.54, 1.807) is 0 Å². The summed E-state index contributed by atoms with van der Waals surface area (Å²) in [7, 11) is 0. The third-order valence-corrected chi connectivity index (χ3v) is 2.97. The summed E-state index contributed by atoms with van der Waals surface area (Å²) in [5.41, 5.74) is 2.21. The summed E-state index contributed by atoms with van der Waals surface area (Å²) in [5.74, 6) is 1.25. The molecule has 1 heterocycles. The van der Waals surface area contributed by atoms with E-state index in [-0.39, 0.29) is 0 Å². The Morgan fingerprint density at radius 2 is 1.56 bits per heavy atom. The van der Waals surface area contributed by atoms with Crippen molar-refractivity contribution in [1.29, 1.82) is 0 Å². The standard InChI is InChI=1S/C13H13BrN2/c1-9(2)11-7-15-13(16-8-11)10-3-5-12(14)6-4-10/h3-9H,1-2H3. The lowest BCUT2D eigenvalue weighted by atomic mass is 10.1. The number of benzene rings is 1. The predicted molar refractivity (Wildman–Crippen MR) is 69.3 cm³/mol. The molecule has 0 spiro atoms. The van der Waals surface area contributed by atoms with Crippen LogP contribution in [0.5, 0.6) is 0 Å². The molecule has 0 bridgehead atoms. The topological polar surface area (TPSA) is 25.8 Å². The summed E-state index contributed by atoms with van der Waals surface area (Å²) in [6, 6.07) is 8.01. The zero-order valence-corrected chi connectivity index (χ0v) is 10.9. The first-order valence-electron chi connectivity index (χ1n) is 5.24. The van der Waals surface area contributed by atoms with Crippen LogP contribution in [0.2, 0.25) is 0 Å². The van der Waals surface area contributed by atoms with Gasteiger partial charge >= 0.3 is 0 Å². The first kappa shape index (κ1) is 11.3. The van der Waals surface area contributed by atoms with Crippen molar-refractivity contribution in [3.63, 3.8) is 0 Å². The molecular weight excluding hydrogens is 264 g/mol. The van der Waals surface area contributed by atoms with Gasteiger partial charge in [0.25, 0.3) is 0 Å². The van der Waals surface area contributed by atoms with Crippen molar-refractivity contribution in [2.24, 2.45) is 0 Å². The Bertz CT molecular complexity index is 460. The molecule has 3 heteroatoms. The molecule has 0 amide bonds. The Balaban J connectivity index is 2.31. The molecule has 0 aliphatic carbocycles.